The molecular weight excluding hydrogens is 224 g/mol. The van der Waals surface area contributed by atoms with Crippen LogP contribution in [0.2, 0.25) is 0 Å². The molecule has 0 saturated heterocycles. The number of rotatable bonds is 11. The number of hydrogen-bond acceptors (Lipinski definition) is 4. The molecule has 0 aromatic rings. The molecule has 1 aliphatic rings. The maximum atomic E-state index is 10.6. The highest BCUT2D eigenvalue weighted by Crippen LogP contribution is 2.48. The molecule has 0 aliphatic heterocycles. The van der Waals surface area contributed by atoms with E-state index in [1.165, 1.54) is 0 Å². The molecule has 100 valence electrons. The Morgan fingerprint density at radius 2 is 1.88 bits per heavy atom. The Kier molecular flexibility index (Phi) is 6.47. The van der Waals surface area contributed by atoms with Gasteiger partial charge in [0.1, 0.15) is 0 Å². The molecule has 0 radical (unpaired) electrons. The topological polar surface area (TPSA) is 65.0 Å². The van der Waals surface area contributed by atoms with Crippen LogP contribution in [0.1, 0.15) is 25.7 Å². The molecular formula is C12H22O5. The van der Waals surface area contributed by atoms with Crippen molar-refractivity contribution >= 4 is 5.97 Å². The zero-order valence-corrected chi connectivity index (χ0v) is 10.4. The Hall–Kier alpha value is -0.650. The summed E-state index contributed by atoms with van der Waals surface area (Å²) in [6.07, 6.45) is 3.03. The van der Waals surface area contributed by atoms with E-state index in [1.807, 2.05) is 0 Å². The summed E-state index contributed by atoms with van der Waals surface area (Å²) in [6, 6.07) is 0. The molecule has 0 heterocycles. The molecule has 0 aromatic carbocycles. The predicted octanol–water partition coefficient (Wildman–Crippen LogP) is 1.31. The first-order chi connectivity index (χ1) is 8.18. The number of aliphatic carboxylic acids is 1. The molecule has 1 saturated carbocycles. The van der Waals surface area contributed by atoms with E-state index in [0.29, 0.717) is 33.0 Å². The molecule has 0 bridgehead atoms. The average molecular weight is 246 g/mol. The predicted molar refractivity (Wildman–Crippen MR) is 62.1 cm³/mol. The van der Waals surface area contributed by atoms with Crippen molar-refractivity contribution in [2.24, 2.45) is 5.41 Å². The van der Waals surface area contributed by atoms with Crippen LogP contribution in [-0.4, -0.2) is 51.2 Å². The van der Waals surface area contributed by atoms with Crippen molar-refractivity contribution in [2.45, 2.75) is 25.7 Å². The quantitative estimate of drug-likeness (QED) is 0.557. The number of hydrogen-bond donors (Lipinski definition) is 1. The second kappa shape index (κ2) is 7.63. The Morgan fingerprint density at radius 3 is 2.47 bits per heavy atom. The van der Waals surface area contributed by atoms with Gasteiger partial charge in [-0.25, -0.2) is 0 Å². The highest BCUT2D eigenvalue weighted by molar-refractivity contribution is 5.68. The Balaban J connectivity index is 1.89. The fraction of sp³-hybridized carbons (Fsp3) is 0.917. The van der Waals surface area contributed by atoms with Crippen LogP contribution in [0.3, 0.4) is 0 Å². The molecule has 17 heavy (non-hydrogen) atoms. The first-order valence-corrected chi connectivity index (χ1v) is 6.05. The highest BCUT2D eigenvalue weighted by Gasteiger charge is 2.44. The smallest absolute Gasteiger partial charge is 0.303 e. The van der Waals surface area contributed by atoms with Crippen molar-refractivity contribution in [3.63, 3.8) is 0 Å². The van der Waals surface area contributed by atoms with Crippen molar-refractivity contribution in [2.75, 3.05) is 40.1 Å². The molecule has 0 unspecified atom stereocenters. The lowest BCUT2D eigenvalue weighted by Gasteiger charge is -2.12. The number of carbonyl (C=O) groups is 1. The third-order valence-corrected chi connectivity index (χ3v) is 2.90. The monoisotopic (exact) mass is 246 g/mol. The van der Waals surface area contributed by atoms with E-state index in [0.717, 1.165) is 19.3 Å². The first-order valence-electron chi connectivity index (χ1n) is 6.05. The summed E-state index contributed by atoms with van der Waals surface area (Å²) < 4.78 is 15.6. The van der Waals surface area contributed by atoms with E-state index < -0.39 is 5.97 Å². The lowest BCUT2D eigenvalue weighted by molar-refractivity contribution is -0.139. The third kappa shape index (κ3) is 6.61. The summed E-state index contributed by atoms with van der Waals surface area (Å²) in [4.78, 5) is 10.6. The summed E-state index contributed by atoms with van der Waals surface area (Å²) in [5.74, 6) is -0.728. The molecule has 0 atom stereocenters. The maximum Gasteiger partial charge on any atom is 0.303 e. The van der Waals surface area contributed by atoms with Gasteiger partial charge >= 0.3 is 5.97 Å². The average Bonchev–Trinajstić information content (AvgIpc) is 3.01. The summed E-state index contributed by atoms with van der Waals surface area (Å²) in [5.41, 5.74) is -0.0667. The molecule has 0 spiro atoms. The van der Waals surface area contributed by atoms with Crippen LogP contribution in [-0.2, 0) is 19.0 Å². The van der Waals surface area contributed by atoms with Crippen molar-refractivity contribution in [3.8, 4) is 0 Å². The number of methoxy groups -OCH3 is 1. The van der Waals surface area contributed by atoms with Crippen LogP contribution in [0.25, 0.3) is 0 Å². The molecule has 1 N–H and O–H groups in total. The second-order valence-corrected chi connectivity index (χ2v) is 4.58. The van der Waals surface area contributed by atoms with Gasteiger partial charge in [0.25, 0.3) is 0 Å². The van der Waals surface area contributed by atoms with Crippen LogP contribution in [0.5, 0.6) is 0 Å². The van der Waals surface area contributed by atoms with E-state index in [-0.39, 0.29) is 11.8 Å². The van der Waals surface area contributed by atoms with Crippen LogP contribution in [0, 0.1) is 5.41 Å². The van der Waals surface area contributed by atoms with E-state index in [2.05, 4.69) is 0 Å². The lowest BCUT2D eigenvalue weighted by Crippen LogP contribution is -2.16. The first kappa shape index (κ1) is 14.4. The molecule has 0 aromatic heterocycles. The van der Waals surface area contributed by atoms with Gasteiger partial charge in [0.15, 0.2) is 0 Å². The molecule has 1 aliphatic carbocycles. The van der Waals surface area contributed by atoms with Gasteiger partial charge < -0.3 is 19.3 Å². The summed E-state index contributed by atoms with van der Waals surface area (Å²) >= 11 is 0. The fourth-order valence-electron chi connectivity index (χ4n) is 1.67. The largest absolute Gasteiger partial charge is 0.481 e. The van der Waals surface area contributed by atoms with Crippen LogP contribution < -0.4 is 0 Å². The van der Waals surface area contributed by atoms with Gasteiger partial charge in [-0.3, -0.25) is 4.79 Å². The summed E-state index contributed by atoms with van der Waals surface area (Å²) in [7, 11) is 1.64. The summed E-state index contributed by atoms with van der Waals surface area (Å²) in [5, 5.41) is 8.72. The van der Waals surface area contributed by atoms with Gasteiger partial charge in [0.05, 0.1) is 26.2 Å². The highest BCUT2D eigenvalue weighted by atomic mass is 16.5. The lowest BCUT2D eigenvalue weighted by atomic mass is 10.0. The fourth-order valence-corrected chi connectivity index (χ4v) is 1.67. The molecule has 1 rings (SSSR count). The van der Waals surface area contributed by atoms with Gasteiger partial charge in [-0.1, -0.05) is 0 Å². The van der Waals surface area contributed by atoms with E-state index >= 15 is 0 Å². The van der Waals surface area contributed by atoms with E-state index in [9.17, 15) is 4.79 Å². The standard InChI is InChI=1S/C12H22O5/c1-15-7-8-16-5-2-6-17-10-12(3-4-12)9-11(13)14/h2-10H2,1H3,(H,13,14). The van der Waals surface area contributed by atoms with E-state index in [1.54, 1.807) is 7.11 Å². The molecule has 5 heteroatoms. The Labute approximate surface area is 102 Å². The van der Waals surface area contributed by atoms with Crippen LogP contribution in [0.15, 0.2) is 0 Å². The zero-order chi connectivity index (χ0) is 12.6. The minimum atomic E-state index is -0.728. The van der Waals surface area contributed by atoms with Crippen molar-refractivity contribution in [3.05, 3.63) is 0 Å². The van der Waals surface area contributed by atoms with Crippen LogP contribution >= 0.6 is 0 Å². The minimum absolute atomic E-state index is 0.0667. The van der Waals surface area contributed by atoms with Gasteiger partial charge in [-0.05, 0) is 19.3 Å². The number of ether oxygens (including phenoxy) is 3. The SMILES string of the molecule is COCCOCCCOCC1(CC(=O)O)CC1. The molecule has 1 fully saturated rings. The van der Waals surface area contributed by atoms with Gasteiger partial charge in [-0.15, -0.1) is 0 Å². The minimum Gasteiger partial charge on any atom is -0.481 e. The van der Waals surface area contributed by atoms with Gasteiger partial charge in [0.2, 0.25) is 0 Å². The maximum absolute atomic E-state index is 10.6. The third-order valence-electron chi connectivity index (χ3n) is 2.90. The van der Waals surface area contributed by atoms with Gasteiger partial charge in [0, 0.05) is 25.7 Å². The van der Waals surface area contributed by atoms with Gasteiger partial charge in [-0.2, -0.15) is 0 Å². The second-order valence-electron chi connectivity index (χ2n) is 4.58. The van der Waals surface area contributed by atoms with Crippen molar-refractivity contribution in [1.29, 1.82) is 0 Å². The number of carboxylic acids is 1. The number of carboxylic acid groups (broad SMARTS) is 1. The van der Waals surface area contributed by atoms with Crippen molar-refractivity contribution in [1.82, 2.24) is 0 Å². The Bertz CT molecular complexity index is 225. The van der Waals surface area contributed by atoms with E-state index in [4.69, 9.17) is 19.3 Å². The summed E-state index contributed by atoms with van der Waals surface area (Å²) in [6.45, 7) is 3.09. The Morgan fingerprint density at radius 1 is 1.18 bits per heavy atom. The zero-order valence-electron chi connectivity index (χ0n) is 10.4. The molecule has 5 nitrogen and oxygen atoms in total. The van der Waals surface area contributed by atoms with Crippen molar-refractivity contribution < 1.29 is 24.1 Å². The molecule has 0 amide bonds. The normalized spacial score (nSPS) is 17.0. The van der Waals surface area contributed by atoms with Crippen LogP contribution in [0.4, 0.5) is 0 Å².